The molecule has 0 radical (unpaired) electrons. The van der Waals surface area contributed by atoms with Gasteiger partial charge in [-0.15, -0.1) is 11.8 Å². The van der Waals surface area contributed by atoms with Gasteiger partial charge in [0.1, 0.15) is 12.0 Å². The van der Waals surface area contributed by atoms with Gasteiger partial charge in [0.25, 0.3) is 15.7 Å². The molecular weight excluding hydrogens is 834 g/mol. The van der Waals surface area contributed by atoms with E-state index < -0.39 is 21.0 Å². The number of hydrogen-bond acceptors (Lipinski definition) is 11. The number of nitro groups is 1. The quantitative estimate of drug-likeness (QED) is 0.0281. The zero-order chi connectivity index (χ0) is 42.8. The maximum atomic E-state index is 13.8. The van der Waals surface area contributed by atoms with Crippen molar-refractivity contribution < 1.29 is 18.1 Å². The number of nitro benzene ring substituents is 1. The van der Waals surface area contributed by atoms with Crippen LogP contribution in [0.4, 0.5) is 27.7 Å². The summed E-state index contributed by atoms with van der Waals surface area (Å²) in [7, 11) is -4.31. The van der Waals surface area contributed by atoms with Crippen molar-refractivity contribution in [3.05, 3.63) is 142 Å². The van der Waals surface area contributed by atoms with E-state index in [1.54, 1.807) is 17.8 Å². The molecule has 316 valence electrons. The highest BCUT2D eigenvalue weighted by atomic mass is 35.5. The first kappa shape index (κ1) is 43.2. The van der Waals surface area contributed by atoms with Gasteiger partial charge in [0.2, 0.25) is 0 Å². The normalized spacial score (nSPS) is 13.8. The average molecular weight is 880 g/mol. The molecule has 0 spiro atoms. The zero-order valence-electron chi connectivity index (χ0n) is 33.2. The Morgan fingerprint density at radius 3 is 2.41 bits per heavy atom. The fourth-order valence-corrected chi connectivity index (χ4v) is 9.46. The predicted octanol–water partition coefficient (Wildman–Crippen LogP) is 8.39. The van der Waals surface area contributed by atoms with Crippen molar-refractivity contribution in [2.75, 3.05) is 53.4 Å². The first-order chi connectivity index (χ1) is 29.5. The van der Waals surface area contributed by atoms with Crippen molar-refractivity contribution >= 4 is 73.2 Å². The summed E-state index contributed by atoms with van der Waals surface area (Å²) in [6, 6.07) is 34.8. The van der Waals surface area contributed by atoms with Crippen LogP contribution >= 0.6 is 23.4 Å². The lowest BCUT2D eigenvalue weighted by molar-refractivity contribution is -0.384. The van der Waals surface area contributed by atoms with Crippen molar-refractivity contribution in [2.45, 2.75) is 41.6 Å². The smallest absolute Gasteiger partial charge is 0.312 e. The van der Waals surface area contributed by atoms with Crippen LogP contribution in [0.2, 0.25) is 5.02 Å². The highest BCUT2D eigenvalue weighted by Crippen LogP contribution is 2.33. The van der Waals surface area contributed by atoms with Crippen LogP contribution in [-0.4, -0.2) is 78.8 Å². The third kappa shape index (κ3) is 11.5. The van der Waals surface area contributed by atoms with Crippen LogP contribution in [-0.2, 0) is 16.6 Å². The standard InChI is InChI=1S/C44H46ClN9O5S2/c45-33-15-13-31(14-16-33)38-12-5-4-8-32(38)28-52-22-24-53(25-23-52)35-17-19-39-41(26-35)48-30-49-43(39)51-61(58,59)37-18-20-40(42(27-37)54(56)57)50-34(9-6-7-21-47-44(46)55)29-60-36-10-2-1-3-11-36/h1-5,8,10-20,26-27,30,34,50H,6-7,9,21-25,28-29H2,(H3,46,47,55)(H,48,49,51)/t34-/m1/s1. The number of thioether (sulfide) groups is 1. The second-order valence-corrected chi connectivity index (χ2v) is 17.9. The van der Waals surface area contributed by atoms with Crippen LogP contribution in [0.15, 0.2) is 131 Å². The van der Waals surface area contributed by atoms with E-state index in [1.807, 2.05) is 66.7 Å². The number of carbonyl (C=O) groups is 1. The number of carbonyl (C=O) groups excluding carboxylic acids is 1. The van der Waals surface area contributed by atoms with Gasteiger partial charge in [-0.1, -0.05) is 66.2 Å². The highest BCUT2D eigenvalue weighted by molar-refractivity contribution is 7.99. The van der Waals surface area contributed by atoms with Gasteiger partial charge < -0.3 is 21.3 Å². The van der Waals surface area contributed by atoms with Gasteiger partial charge >= 0.3 is 6.03 Å². The predicted molar refractivity (Wildman–Crippen MR) is 244 cm³/mol. The average Bonchev–Trinajstić information content (AvgIpc) is 3.26. The van der Waals surface area contributed by atoms with Gasteiger partial charge in [-0.3, -0.25) is 19.7 Å². The van der Waals surface area contributed by atoms with Crippen LogP contribution in [0.3, 0.4) is 0 Å². The molecule has 1 atom stereocenters. The van der Waals surface area contributed by atoms with Crippen LogP contribution in [0.1, 0.15) is 24.8 Å². The molecule has 14 nitrogen and oxygen atoms in total. The summed E-state index contributed by atoms with van der Waals surface area (Å²) in [4.78, 5) is 37.0. The van der Waals surface area contributed by atoms with Crippen molar-refractivity contribution in [3.63, 3.8) is 0 Å². The van der Waals surface area contributed by atoms with E-state index in [0.717, 1.165) is 54.9 Å². The van der Waals surface area contributed by atoms with Gasteiger partial charge in [0.05, 0.1) is 15.3 Å². The number of anilines is 3. The lowest BCUT2D eigenvalue weighted by Crippen LogP contribution is -2.46. The van der Waals surface area contributed by atoms with Gasteiger partial charge in [-0.2, -0.15) is 0 Å². The summed E-state index contributed by atoms with van der Waals surface area (Å²) in [5, 5.41) is 19.4. The summed E-state index contributed by atoms with van der Waals surface area (Å²) in [5.74, 6) is 0.653. The molecule has 5 aromatic carbocycles. The zero-order valence-corrected chi connectivity index (χ0v) is 35.6. The van der Waals surface area contributed by atoms with Crippen LogP contribution in [0.25, 0.3) is 22.0 Å². The number of benzene rings is 5. The summed E-state index contributed by atoms with van der Waals surface area (Å²) in [5.41, 5.74) is 10.1. The number of piperazine rings is 1. The van der Waals surface area contributed by atoms with Crippen LogP contribution < -0.4 is 26.0 Å². The number of aromatic nitrogens is 2. The molecule has 1 aliphatic rings. The lowest BCUT2D eigenvalue weighted by atomic mass is 9.99. The van der Waals surface area contributed by atoms with E-state index in [4.69, 9.17) is 17.3 Å². The van der Waals surface area contributed by atoms with Crippen molar-refractivity contribution in [1.29, 1.82) is 0 Å². The number of nitrogens with zero attached hydrogens (tertiary/aromatic N) is 5. The van der Waals surface area contributed by atoms with Gasteiger partial charge in [0.15, 0.2) is 5.82 Å². The van der Waals surface area contributed by atoms with Crippen molar-refractivity contribution in [3.8, 4) is 11.1 Å². The fourth-order valence-electron chi connectivity index (χ4n) is 7.29. The molecule has 6 aromatic rings. The molecule has 2 heterocycles. The molecule has 0 bridgehead atoms. The Balaban J connectivity index is 1.01. The molecule has 1 aromatic heterocycles. The second kappa shape index (κ2) is 20.1. The van der Waals surface area contributed by atoms with Gasteiger partial charge in [-0.25, -0.2) is 23.2 Å². The molecule has 61 heavy (non-hydrogen) atoms. The Hall–Kier alpha value is -5.94. The molecule has 0 aliphatic carbocycles. The number of unbranched alkanes of at least 4 members (excludes halogenated alkanes) is 1. The number of sulfonamides is 1. The van der Waals surface area contributed by atoms with E-state index in [-0.39, 0.29) is 28.1 Å². The molecule has 1 fully saturated rings. The molecule has 5 N–H and O–H groups in total. The molecule has 1 saturated heterocycles. The van der Waals surface area contributed by atoms with E-state index >= 15 is 0 Å². The largest absolute Gasteiger partial charge is 0.376 e. The maximum absolute atomic E-state index is 13.8. The molecule has 7 rings (SSSR count). The fraction of sp³-hybridized carbons (Fsp3) is 0.250. The van der Waals surface area contributed by atoms with Crippen molar-refractivity contribution in [2.24, 2.45) is 5.73 Å². The number of urea groups is 1. The molecule has 0 saturated carbocycles. The minimum Gasteiger partial charge on any atom is -0.376 e. The second-order valence-electron chi connectivity index (χ2n) is 14.6. The van der Waals surface area contributed by atoms with Crippen LogP contribution in [0, 0.1) is 10.1 Å². The maximum Gasteiger partial charge on any atom is 0.312 e. The van der Waals surface area contributed by atoms with Crippen LogP contribution in [0.5, 0.6) is 0 Å². The van der Waals surface area contributed by atoms with Crippen molar-refractivity contribution in [1.82, 2.24) is 20.2 Å². The number of nitrogens with one attached hydrogen (secondary N) is 3. The Morgan fingerprint density at radius 1 is 0.902 bits per heavy atom. The lowest BCUT2D eigenvalue weighted by Gasteiger charge is -2.36. The van der Waals surface area contributed by atoms with E-state index in [9.17, 15) is 23.3 Å². The summed E-state index contributed by atoms with van der Waals surface area (Å²) in [6.45, 7) is 4.53. The SMILES string of the molecule is NC(=O)NCCCC[C@H](CSc1ccccc1)Nc1ccc(S(=O)(=O)Nc2ncnc3cc(N4CCN(Cc5ccccc5-c5ccc(Cl)cc5)CC4)ccc23)cc1[N+](=O)[O-]. The minimum atomic E-state index is -4.31. The Kier molecular flexibility index (Phi) is 14.2. The van der Waals surface area contributed by atoms with Gasteiger partial charge in [-0.05, 0) is 90.6 Å². The first-order valence-corrected chi connectivity index (χ1v) is 22.7. The van der Waals surface area contributed by atoms with E-state index in [2.05, 4.69) is 59.4 Å². The molecule has 0 unspecified atom stereocenters. The molecule has 1 aliphatic heterocycles. The third-order valence-electron chi connectivity index (χ3n) is 10.5. The molecule has 2 amide bonds. The number of halogens is 1. The highest BCUT2D eigenvalue weighted by Gasteiger charge is 2.25. The number of primary amides is 1. The number of fused-ring (bicyclic) bond motifs is 1. The Morgan fingerprint density at radius 2 is 1.66 bits per heavy atom. The molecule has 17 heteroatoms. The topological polar surface area (TPSA) is 189 Å². The Labute approximate surface area is 364 Å². The first-order valence-electron chi connectivity index (χ1n) is 19.9. The number of nitrogens with two attached hydrogens (primary N) is 1. The third-order valence-corrected chi connectivity index (χ3v) is 13.2. The number of amides is 2. The molecular formula is C44H46ClN9O5S2. The monoisotopic (exact) mass is 879 g/mol. The van der Waals surface area contributed by atoms with E-state index in [1.165, 1.54) is 29.6 Å². The number of hydrogen-bond donors (Lipinski definition) is 4. The number of rotatable bonds is 18. The summed E-state index contributed by atoms with van der Waals surface area (Å²) in [6.07, 6.45) is 3.32. The Bertz CT molecular complexity index is 2580. The summed E-state index contributed by atoms with van der Waals surface area (Å²) < 4.78 is 30.1. The van der Waals surface area contributed by atoms with Gasteiger partial charge in [0, 0.05) is 78.1 Å². The summed E-state index contributed by atoms with van der Waals surface area (Å²) >= 11 is 7.74. The minimum absolute atomic E-state index is 0.0643. The van der Waals surface area contributed by atoms with E-state index in [0.29, 0.717) is 47.5 Å².